The lowest BCUT2D eigenvalue weighted by Gasteiger charge is -2.37. The zero-order valence-corrected chi connectivity index (χ0v) is 11.2. The highest BCUT2D eigenvalue weighted by Crippen LogP contribution is 2.29. The standard InChI is InChI=1S/C11H16N6O4/c1-20-7-6(19)4(18)2-21-10(7)17-3-14-5-8(12)15-11(13)16-9(5)17/h3-4,6-7,10,18-19H,2H2,1H3,(H4,12,13,15,16)/t4-,6-,7+,10+/m0/s1. The zero-order valence-electron chi connectivity index (χ0n) is 11.2. The van der Waals surface area contributed by atoms with E-state index in [2.05, 4.69) is 15.0 Å². The van der Waals surface area contributed by atoms with Gasteiger partial charge in [0.2, 0.25) is 5.95 Å². The van der Waals surface area contributed by atoms with Crippen LogP contribution in [0.2, 0.25) is 0 Å². The van der Waals surface area contributed by atoms with Gasteiger partial charge in [-0.2, -0.15) is 9.97 Å². The molecule has 4 atom stereocenters. The number of hydrogen-bond donors (Lipinski definition) is 4. The number of anilines is 2. The molecule has 3 heterocycles. The molecule has 1 aliphatic heterocycles. The Morgan fingerprint density at radius 2 is 2.14 bits per heavy atom. The van der Waals surface area contributed by atoms with Crippen LogP contribution in [0.4, 0.5) is 11.8 Å². The number of fused-ring (bicyclic) bond motifs is 1. The van der Waals surface area contributed by atoms with Gasteiger partial charge in [0.1, 0.15) is 23.8 Å². The number of imidazole rings is 1. The van der Waals surface area contributed by atoms with Crippen molar-refractivity contribution in [3.63, 3.8) is 0 Å². The highest BCUT2D eigenvalue weighted by Gasteiger charge is 2.40. The van der Waals surface area contributed by atoms with E-state index in [0.29, 0.717) is 11.2 Å². The van der Waals surface area contributed by atoms with Gasteiger partial charge in [0, 0.05) is 7.11 Å². The quantitative estimate of drug-likeness (QED) is 0.505. The molecule has 0 radical (unpaired) electrons. The van der Waals surface area contributed by atoms with E-state index in [-0.39, 0.29) is 18.4 Å². The van der Waals surface area contributed by atoms with Crippen LogP contribution in [-0.2, 0) is 9.47 Å². The number of hydrogen-bond acceptors (Lipinski definition) is 9. The lowest BCUT2D eigenvalue weighted by atomic mass is 10.0. The topological polar surface area (TPSA) is 155 Å². The van der Waals surface area contributed by atoms with E-state index < -0.39 is 24.5 Å². The summed E-state index contributed by atoms with van der Waals surface area (Å²) in [5, 5.41) is 19.7. The Balaban J connectivity index is 2.07. The van der Waals surface area contributed by atoms with Crippen LogP contribution in [0, 0.1) is 0 Å². The Kier molecular flexibility index (Phi) is 3.37. The van der Waals surface area contributed by atoms with Gasteiger partial charge in [-0.15, -0.1) is 0 Å². The number of aliphatic hydroxyl groups is 2. The van der Waals surface area contributed by atoms with Crippen LogP contribution in [-0.4, -0.2) is 61.8 Å². The van der Waals surface area contributed by atoms with Gasteiger partial charge in [0.25, 0.3) is 0 Å². The first kappa shape index (κ1) is 13.9. The molecule has 10 heteroatoms. The number of methoxy groups -OCH3 is 1. The molecule has 1 fully saturated rings. The normalized spacial score (nSPS) is 29.9. The number of nitrogens with two attached hydrogens (primary N) is 2. The smallest absolute Gasteiger partial charge is 0.224 e. The van der Waals surface area contributed by atoms with Crippen molar-refractivity contribution in [2.24, 2.45) is 0 Å². The summed E-state index contributed by atoms with van der Waals surface area (Å²) in [4.78, 5) is 12.1. The van der Waals surface area contributed by atoms with Crippen LogP contribution in [0.1, 0.15) is 6.23 Å². The number of aliphatic hydroxyl groups excluding tert-OH is 2. The lowest BCUT2D eigenvalue weighted by Crippen LogP contribution is -2.51. The second-order valence-electron chi connectivity index (χ2n) is 4.77. The van der Waals surface area contributed by atoms with Gasteiger partial charge in [-0.05, 0) is 0 Å². The molecule has 0 spiro atoms. The van der Waals surface area contributed by atoms with Crippen LogP contribution < -0.4 is 11.5 Å². The van der Waals surface area contributed by atoms with Crippen LogP contribution in [0.3, 0.4) is 0 Å². The van der Waals surface area contributed by atoms with Crippen molar-refractivity contribution < 1.29 is 19.7 Å². The molecule has 3 rings (SSSR count). The van der Waals surface area contributed by atoms with E-state index in [1.165, 1.54) is 13.4 Å². The van der Waals surface area contributed by atoms with Gasteiger partial charge >= 0.3 is 0 Å². The fourth-order valence-electron chi connectivity index (χ4n) is 2.41. The second kappa shape index (κ2) is 5.07. The first-order valence-corrected chi connectivity index (χ1v) is 6.29. The number of rotatable bonds is 2. The second-order valence-corrected chi connectivity index (χ2v) is 4.77. The minimum atomic E-state index is -1.09. The lowest BCUT2D eigenvalue weighted by molar-refractivity contribution is -0.218. The molecule has 0 amide bonds. The molecule has 0 unspecified atom stereocenters. The van der Waals surface area contributed by atoms with Gasteiger partial charge in [-0.1, -0.05) is 0 Å². The molecular formula is C11H16N6O4. The molecule has 2 aromatic rings. The molecule has 10 nitrogen and oxygen atoms in total. The fraction of sp³-hybridized carbons (Fsp3) is 0.545. The molecule has 0 aromatic carbocycles. The van der Waals surface area contributed by atoms with Gasteiger partial charge in [-0.25, -0.2) is 4.98 Å². The van der Waals surface area contributed by atoms with Crippen molar-refractivity contribution >= 4 is 22.9 Å². The van der Waals surface area contributed by atoms with Gasteiger partial charge < -0.3 is 31.2 Å². The summed E-state index contributed by atoms with van der Waals surface area (Å²) in [6.45, 7) is -0.0403. The Hall–Kier alpha value is -2.01. The Bertz CT molecular complexity index is 661. The van der Waals surface area contributed by atoms with Crippen LogP contribution >= 0.6 is 0 Å². The Morgan fingerprint density at radius 3 is 2.86 bits per heavy atom. The number of ether oxygens (including phenoxy) is 2. The van der Waals surface area contributed by atoms with E-state index in [9.17, 15) is 10.2 Å². The van der Waals surface area contributed by atoms with Crippen molar-refractivity contribution in [3.05, 3.63) is 6.33 Å². The summed E-state index contributed by atoms with van der Waals surface area (Å²) in [5.74, 6) is 0.161. The fourth-order valence-corrected chi connectivity index (χ4v) is 2.41. The zero-order chi connectivity index (χ0) is 15.1. The van der Waals surface area contributed by atoms with Crippen molar-refractivity contribution in [3.8, 4) is 0 Å². The van der Waals surface area contributed by atoms with Gasteiger partial charge in [-0.3, -0.25) is 4.57 Å². The van der Waals surface area contributed by atoms with E-state index >= 15 is 0 Å². The molecule has 0 bridgehead atoms. The summed E-state index contributed by atoms with van der Waals surface area (Å²) in [6, 6.07) is 0. The largest absolute Gasteiger partial charge is 0.388 e. The molecule has 0 aliphatic carbocycles. The van der Waals surface area contributed by atoms with E-state index in [1.807, 2.05) is 0 Å². The summed E-state index contributed by atoms with van der Waals surface area (Å²) in [7, 11) is 1.42. The monoisotopic (exact) mass is 296 g/mol. The third kappa shape index (κ3) is 2.17. The third-order valence-corrected chi connectivity index (χ3v) is 3.46. The highest BCUT2D eigenvalue weighted by atomic mass is 16.6. The maximum absolute atomic E-state index is 10.0. The van der Waals surface area contributed by atoms with Crippen LogP contribution in [0.25, 0.3) is 11.2 Å². The first-order chi connectivity index (χ1) is 10.0. The predicted octanol–water partition coefficient (Wildman–Crippen LogP) is -1.74. The van der Waals surface area contributed by atoms with Crippen molar-refractivity contribution in [1.29, 1.82) is 0 Å². The third-order valence-electron chi connectivity index (χ3n) is 3.46. The van der Waals surface area contributed by atoms with Crippen molar-refractivity contribution in [1.82, 2.24) is 19.5 Å². The summed E-state index contributed by atoms with van der Waals surface area (Å²) in [6.07, 6.45) is -2.17. The molecule has 1 aliphatic rings. The molecule has 6 N–H and O–H groups in total. The van der Waals surface area contributed by atoms with Crippen LogP contribution in [0.15, 0.2) is 6.33 Å². The average molecular weight is 296 g/mol. The number of nitrogens with zero attached hydrogens (tertiary/aromatic N) is 4. The van der Waals surface area contributed by atoms with Gasteiger partial charge in [0.15, 0.2) is 17.7 Å². The number of aromatic nitrogens is 4. The maximum Gasteiger partial charge on any atom is 0.224 e. The Morgan fingerprint density at radius 1 is 1.38 bits per heavy atom. The molecule has 1 saturated heterocycles. The van der Waals surface area contributed by atoms with Crippen molar-refractivity contribution in [2.45, 2.75) is 24.5 Å². The first-order valence-electron chi connectivity index (χ1n) is 6.29. The minimum absolute atomic E-state index is 0.00658. The van der Waals surface area contributed by atoms with Gasteiger partial charge in [0.05, 0.1) is 12.9 Å². The summed E-state index contributed by atoms with van der Waals surface area (Å²) in [5.41, 5.74) is 12.1. The number of nitrogen functional groups attached to an aromatic ring is 2. The summed E-state index contributed by atoms with van der Waals surface area (Å²) < 4.78 is 12.3. The van der Waals surface area contributed by atoms with E-state index in [0.717, 1.165) is 0 Å². The SMILES string of the molecule is CO[C@@H]1[C@@H](O)[C@@H](O)CO[C@H]1n1cnc2c(N)nc(N)nc21. The highest BCUT2D eigenvalue weighted by molar-refractivity contribution is 5.82. The van der Waals surface area contributed by atoms with Crippen LogP contribution in [0.5, 0.6) is 0 Å². The van der Waals surface area contributed by atoms with E-state index in [1.54, 1.807) is 4.57 Å². The van der Waals surface area contributed by atoms with E-state index in [4.69, 9.17) is 20.9 Å². The predicted molar refractivity (Wildman–Crippen MR) is 71.9 cm³/mol. The molecule has 21 heavy (non-hydrogen) atoms. The molecule has 0 saturated carbocycles. The summed E-state index contributed by atoms with van der Waals surface area (Å²) >= 11 is 0. The molecule has 2 aromatic heterocycles. The Labute approximate surface area is 119 Å². The molecule has 114 valence electrons. The molecular weight excluding hydrogens is 280 g/mol. The average Bonchev–Trinajstić information content (AvgIpc) is 2.85. The minimum Gasteiger partial charge on any atom is -0.388 e. The maximum atomic E-state index is 10.0. The van der Waals surface area contributed by atoms with Crippen molar-refractivity contribution in [2.75, 3.05) is 25.2 Å².